The fourth-order valence-electron chi connectivity index (χ4n) is 4.89. The van der Waals surface area contributed by atoms with Gasteiger partial charge in [-0.3, -0.25) is 4.90 Å². The SMILES string of the molecule is COc1ccc2c(Oc3ccc(OCC(C)N4CCN(C(=O)OC(C)(C)C)CC4)cc3)c(-c3ccc(C)cc3)sc2c1. The van der Waals surface area contributed by atoms with Crippen molar-refractivity contribution in [2.24, 2.45) is 0 Å². The van der Waals surface area contributed by atoms with Gasteiger partial charge in [0.05, 0.1) is 12.0 Å². The van der Waals surface area contributed by atoms with Crippen LogP contribution >= 0.6 is 11.3 Å². The summed E-state index contributed by atoms with van der Waals surface area (Å²) >= 11 is 1.70. The highest BCUT2D eigenvalue weighted by molar-refractivity contribution is 7.22. The molecule has 0 bridgehead atoms. The zero-order valence-corrected chi connectivity index (χ0v) is 26.1. The number of piperazine rings is 1. The van der Waals surface area contributed by atoms with Crippen molar-refractivity contribution in [1.82, 2.24) is 9.80 Å². The van der Waals surface area contributed by atoms with E-state index in [0.717, 1.165) is 56.6 Å². The van der Waals surface area contributed by atoms with E-state index in [9.17, 15) is 4.79 Å². The Bertz CT molecular complexity index is 1500. The van der Waals surface area contributed by atoms with Crippen molar-refractivity contribution in [3.05, 3.63) is 72.3 Å². The van der Waals surface area contributed by atoms with Crippen LogP contribution in [-0.4, -0.2) is 67.4 Å². The number of nitrogens with zero attached hydrogens (tertiary/aromatic N) is 2. The molecule has 4 aromatic rings. The van der Waals surface area contributed by atoms with Crippen LogP contribution in [0, 0.1) is 6.92 Å². The molecule has 0 radical (unpaired) electrons. The lowest BCUT2D eigenvalue weighted by atomic mass is 10.1. The van der Waals surface area contributed by atoms with Gasteiger partial charge >= 0.3 is 6.09 Å². The van der Waals surface area contributed by atoms with Crippen LogP contribution in [0.3, 0.4) is 0 Å². The number of methoxy groups -OCH3 is 1. The lowest BCUT2D eigenvalue weighted by Crippen LogP contribution is -2.53. The molecule has 0 N–H and O–H groups in total. The van der Waals surface area contributed by atoms with Crippen LogP contribution in [0.2, 0.25) is 0 Å². The highest BCUT2D eigenvalue weighted by Crippen LogP contribution is 2.47. The molecule has 1 aliphatic rings. The first-order chi connectivity index (χ1) is 20.1. The van der Waals surface area contributed by atoms with Crippen LogP contribution in [0.25, 0.3) is 20.5 Å². The molecule has 0 spiro atoms. The van der Waals surface area contributed by atoms with Crippen molar-refractivity contribution in [3.63, 3.8) is 0 Å². The molecule has 1 amide bonds. The van der Waals surface area contributed by atoms with Gasteiger partial charge in [0.15, 0.2) is 5.75 Å². The summed E-state index contributed by atoms with van der Waals surface area (Å²) in [6.07, 6.45) is -0.241. The minimum Gasteiger partial charge on any atom is -0.497 e. The standard InChI is InChI=1S/C34H40N2O5S/c1-23-7-9-25(10-8-23)32-31(29-16-15-28(38-6)21-30(29)42-32)40-27-13-11-26(12-14-27)39-22-24(2)35-17-19-36(20-18-35)33(37)41-34(3,4)5/h7-16,21,24H,17-20,22H2,1-6H3. The molecule has 1 fully saturated rings. The fraction of sp³-hybridized carbons (Fsp3) is 0.382. The normalized spacial score (nSPS) is 15.0. The molecular weight excluding hydrogens is 548 g/mol. The van der Waals surface area contributed by atoms with Gasteiger partial charge in [0.2, 0.25) is 0 Å². The van der Waals surface area contributed by atoms with Gasteiger partial charge in [-0.2, -0.15) is 0 Å². The Labute approximate surface area is 252 Å². The molecule has 8 heteroatoms. The maximum Gasteiger partial charge on any atom is 0.410 e. The number of carbonyl (C=O) groups excluding carboxylic acids is 1. The van der Waals surface area contributed by atoms with E-state index < -0.39 is 5.60 Å². The molecule has 42 heavy (non-hydrogen) atoms. The second-order valence-electron chi connectivity index (χ2n) is 11.7. The van der Waals surface area contributed by atoms with Gasteiger partial charge in [0.1, 0.15) is 29.5 Å². The predicted octanol–water partition coefficient (Wildman–Crippen LogP) is 8.00. The average molecular weight is 589 g/mol. The first-order valence-electron chi connectivity index (χ1n) is 14.4. The summed E-state index contributed by atoms with van der Waals surface area (Å²) in [4.78, 5) is 17.6. The van der Waals surface area contributed by atoms with E-state index in [2.05, 4.69) is 55.1 Å². The van der Waals surface area contributed by atoms with Gasteiger partial charge in [-0.25, -0.2) is 4.79 Å². The maximum atomic E-state index is 12.4. The summed E-state index contributed by atoms with van der Waals surface area (Å²) in [6.45, 7) is 13.4. The average Bonchev–Trinajstić information content (AvgIpc) is 3.33. The molecule has 7 nitrogen and oxygen atoms in total. The highest BCUT2D eigenvalue weighted by atomic mass is 32.1. The third-order valence-electron chi connectivity index (χ3n) is 7.29. The van der Waals surface area contributed by atoms with E-state index in [1.54, 1.807) is 23.3 Å². The van der Waals surface area contributed by atoms with Gasteiger partial charge in [-0.05, 0) is 82.6 Å². The molecule has 3 aromatic carbocycles. The monoisotopic (exact) mass is 588 g/mol. The quantitative estimate of drug-likeness (QED) is 0.208. The third-order valence-corrected chi connectivity index (χ3v) is 8.47. The maximum absolute atomic E-state index is 12.4. The number of benzene rings is 3. The first-order valence-corrected chi connectivity index (χ1v) is 15.2. The Balaban J connectivity index is 1.21. The zero-order valence-electron chi connectivity index (χ0n) is 25.3. The highest BCUT2D eigenvalue weighted by Gasteiger charge is 2.27. The second-order valence-corrected chi connectivity index (χ2v) is 12.8. The van der Waals surface area contributed by atoms with Crippen molar-refractivity contribution in [1.29, 1.82) is 0 Å². The van der Waals surface area contributed by atoms with Gasteiger partial charge in [0.25, 0.3) is 0 Å². The lowest BCUT2D eigenvalue weighted by molar-refractivity contribution is 0.00882. The summed E-state index contributed by atoms with van der Waals surface area (Å²) in [5.74, 6) is 3.21. The minimum absolute atomic E-state index is 0.216. The number of hydrogen-bond donors (Lipinski definition) is 0. The van der Waals surface area contributed by atoms with E-state index in [1.807, 2.05) is 51.1 Å². The van der Waals surface area contributed by atoms with Gasteiger partial charge < -0.3 is 23.8 Å². The number of hydrogen-bond acceptors (Lipinski definition) is 7. The number of carbonyl (C=O) groups is 1. The Hall–Kier alpha value is -3.75. The summed E-state index contributed by atoms with van der Waals surface area (Å²) in [5.41, 5.74) is 1.86. The number of aryl methyl sites for hydroxylation is 1. The van der Waals surface area contributed by atoms with Crippen LogP contribution in [0.1, 0.15) is 33.3 Å². The Kier molecular flexibility index (Phi) is 8.94. The molecular formula is C34H40N2O5S. The minimum atomic E-state index is -0.481. The number of fused-ring (bicyclic) bond motifs is 1. The summed E-state index contributed by atoms with van der Waals surface area (Å²) in [5, 5.41) is 1.05. The van der Waals surface area contributed by atoms with Crippen LogP contribution in [0.15, 0.2) is 66.7 Å². The molecule has 0 saturated carbocycles. The molecule has 1 aromatic heterocycles. The molecule has 0 aliphatic carbocycles. The van der Waals surface area contributed by atoms with E-state index in [-0.39, 0.29) is 12.1 Å². The predicted molar refractivity (Wildman–Crippen MR) is 169 cm³/mol. The molecule has 1 saturated heterocycles. The van der Waals surface area contributed by atoms with Crippen molar-refractivity contribution in [2.75, 3.05) is 39.9 Å². The first kappa shape index (κ1) is 29.7. The molecule has 1 atom stereocenters. The van der Waals surface area contributed by atoms with Gasteiger partial charge in [-0.1, -0.05) is 29.8 Å². The van der Waals surface area contributed by atoms with E-state index >= 15 is 0 Å². The number of ether oxygens (including phenoxy) is 4. The topological polar surface area (TPSA) is 60.5 Å². The third kappa shape index (κ3) is 7.17. The van der Waals surface area contributed by atoms with Crippen LogP contribution < -0.4 is 14.2 Å². The zero-order chi connectivity index (χ0) is 29.9. The van der Waals surface area contributed by atoms with Gasteiger partial charge in [0, 0.05) is 42.3 Å². The molecule has 1 unspecified atom stereocenters. The van der Waals surface area contributed by atoms with Crippen molar-refractivity contribution >= 4 is 27.5 Å². The summed E-state index contributed by atoms with van der Waals surface area (Å²) < 4.78 is 24.7. The van der Waals surface area contributed by atoms with E-state index in [0.29, 0.717) is 19.7 Å². The molecule has 5 rings (SSSR count). The number of thiophene rings is 1. The Morgan fingerprint density at radius 2 is 1.55 bits per heavy atom. The Morgan fingerprint density at radius 1 is 0.905 bits per heavy atom. The summed E-state index contributed by atoms with van der Waals surface area (Å²) in [6, 6.07) is 22.6. The van der Waals surface area contributed by atoms with Crippen molar-refractivity contribution in [2.45, 2.75) is 46.3 Å². The van der Waals surface area contributed by atoms with Crippen LogP contribution in [0.5, 0.6) is 23.0 Å². The lowest BCUT2D eigenvalue weighted by Gasteiger charge is -2.38. The van der Waals surface area contributed by atoms with Gasteiger partial charge in [-0.15, -0.1) is 11.3 Å². The smallest absolute Gasteiger partial charge is 0.410 e. The summed E-state index contributed by atoms with van der Waals surface area (Å²) in [7, 11) is 1.68. The molecule has 2 heterocycles. The van der Waals surface area contributed by atoms with Crippen molar-refractivity contribution in [3.8, 4) is 33.4 Å². The van der Waals surface area contributed by atoms with E-state index in [1.165, 1.54) is 5.56 Å². The number of rotatable bonds is 8. The molecule has 222 valence electrons. The Morgan fingerprint density at radius 3 is 2.19 bits per heavy atom. The molecule has 1 aliphatic heterocycles. The number of amides is 1. The van der Waals surface area contributed by atoms with Crippen LogP contribution in [-0.2, 0) is 4.74 Å². The van der Waals surface area contributed by atoms with Crippen molar-refractivity contribution < 1.29 is 23.7 Å². The van der Waals surface area contributed by atoms with Crippen LogP contribution in [0.4, 0.5) is 4.79 Å². The largest absolute Gasteiger partial charge is 0.497 e. The fourth-order valence-corrected chi connectivity index (χ4v) is 6.06. The van der Waals surface area contributed by atoms with E-state index in [4.69, 9.17) is 18.9 Å². The second kappa shape index (κ2) is 12.6.